The van der Waals surface area contributed by atoms with Crippen molar-refractivity contribution >= 4 is 21.4 Å². The summed E-state index contributed by atoms with van der Waals surface area (Å²) in [7, 11) is -3.10. The molecule has 1 saturated heterocycles. The third kappa shape index (κ3) is 4.00. The monoisotopic (exact) mass is 439 g/mol. The number of anilines is 1. The third-order valence-electron chi connectivity index (χ3n) is 5.39. The number of fused-ring (bicyclic) bond motifs is 1. The molecule has 2 aromatic carbocycles. The van der Waals surface area contributed by atoms with Crippen molar-refractivity contribution in [1.29, 1.82) is 0 Å². The number of sulfone groups is 1. The van der Waals surface area contributed by atoms with E-state index in [4.69, 9.17) is 9.47 Å². The molecule has 0 bridgehead atoms. The maximum Gasteiger partial charge on any atom is 0.276 e. The molecule has 1 fully saturated rings. The largest absolute Gasteiger partial charge is 0.486 e. The van der Waals surface area contributed by atoms with Crippen LogP contribution in [0.1, 0.15) is 23.0 Å². The van der Waals surface area contributed by atoms with Crippen LogP contribution in [0.4, 0.5) is 5.69 Å². The Balaban J connectivity index is 1.46. The van der Waals surface area contributed by atoms with E-state index in [0.29, 0.717) is 36.8 Å². The highest BCUT2D eigenvalue weighted by atomic mass is 32.2. The van der Waals surface area contributed by atoms with Crippen LogP contribution in [0.15, 0.2) is 54.6 Å². The highest BCUT2D eigenvalue weighted by Gasteiger charge is 2.32. The highest BCUT2D eigenvalue weighted by Crippen LogP contribution is 2.33. The minimum Gasteiger partial charge on any atom is -0.486 e. The molecule has 5 rings (SSSR count). The first-order valence-corrected chi connectivity index (χ1v) is 11.9. The summed E-state index contributed by atoms with van der Waals surface area (Å²) in [4.78, 5) is 12.9. The molecule has 3 heterocycles. The van der Waals surface area contributed by atoms with Crippen molar-refractivity contribution in [3.05, 3.63) is 60.3 Å². The molecule has 0 radical (unpaired) electrons. The first kappa shape index (κ1) is 19.6. The summed E-state index contributed by atoms with van der Waals surface area (Å²) in [6.07, 6.45) is 0.479. The molecule has 1 N–H and O–H groups in total. The van der Waals surface area contributed by atoms with Gasteiger partial charge in [-0.05, 0) is 30.2 Å². The van der Waals surface area contributed by atoms with E-state index < -0.39 is 9.84 Å². The number of rotatable bonds is 4. The zero-order chi connectivity index (χ0) is 21.4. The summed E-state index contributed by atoms with van der Waals surface area (Å²) in [5.74, 6) is 0.994. The average molecular weight is 439 g/mol. The van der Waals surface area contributed by atoms with Crippen LogP contribution in [0, 0.1) is 0 Å². The van der Waals surface area contributed by atoms with Gasteiger partial charge in [-0.25, -0.2) is 8.42 Å². The molecule has 2 aliphatic rings. The molecule has 2 aliphatic heterocycles. The number of nitrogens with one attached hydrogen (secondary N) is 1. The van der Waals surface area contributed by atoms with Crippen molar-refractivity contribution in [3.8, 4) is 22.8 Å². The highest BCUT2D eigenvalue weighted by molar-refractivity contribution is 7.91. The van der Waals surface area contributed by atoms with Gasteiger partial charge in [-0.15, -0.1) is 0 Å². The van der Waals surface area contributed by atoms with E-state index in [0.717, 1.165) is 11.3 Å². The van der Waals surface area contributed by atoms with Crippen LogP contribution in [0.3, 0.4) is 0 Å². The SMILES string of the molecule is O=C(Nc1ccc2c(c1)OCCO2)c1cc(-c2ccccc2)n([C@@H]2CCS(=O)(=O)C2)n1. The van der Waals surface area contributed by atoms with E-state index in [2.05, 4.69) is 10.4 Å². The number of benzene rings is 2. The summed E-state index contributed by atoms with van der Waals surface area (Å²) < 4.78 is 36.8. The second-order valence-corrected chi connectivity index (χ2v) is 9.82. The topological polar surface area (TPSA) is 99.5 Å². The van der Waals surface area contributed by atoms with Gasteiger partial charge in [0.1, 0.15) is 13.2 Å². The first-order chi connectivity index (χ1) is 15.0. The summed E-state index contributed by atoms with van der Waals surface area (Å²) >= 11 is 0. The van der Waals surface area contributed by atoms with Gasteiger partial charge in [0.25, 0.3) is 5.91 Å². The van der Waals surface area contributed by atoms with E-state index in [1.165, 1.54) is 0 Å². The van der Waals surface area contributed by atoms with E-state index in [1.54, 1.807) is 28.9 Å². The van der Waals surface area contributed by atoms with Crippen LogP contribution in [0.2, 0.25) is 0 Å². The molecule has 0 spiro atoms. The Morgan fingerprint density at radius 1 is 1.03 bits per heavy atom. The zero-order valence-corrected chi connectivity index (χ0v) is 17.5. The summed E-state index contributed by atoms with van der Waals surface area (Å²) in [5, 5.41) is 7.34. The molecule has 9 heteroatoms. The molecule has 0 aliphatic carbocycles. The Morgan fingerprint density at radius 2 is 1.81 bits per heavy atom. The van der Waals surface area contributed by atoms with Crippen LogP contribution in [0.5, 0.6) is 11.5 Å². The maximum atomic E-state index is 12.9. The molecule has 0 saturated carbocycles. The number of hydrogen-bond donors (Lipinski definition) is 1. The van der Waals surface area contributed by atoms with Gasteiger partial charge >= 0.3 is 0 Å². The van der Waals surface area contributed by atoms with E-state index in [1.807, 2.05) is 30.3 Å². The van der Waals surface area contributed by atoms with Gasteiger partial charge in [-0.1, -0.05) is 30.3 Å². The molecule has 1 amide bonds. The predicted molar refractivity (Wildman–Crippen MR) is 115 cm³/mol. The van der Waals surface area contributed by atoms with Crippen LogP contribution in [0.25, 0.3) is 11.3 Å². The number of carbonyl (C=O) groups excluding carboxylic acids is 1. The molecule has 1 atom stereocenters. The van der Waals surface area contributed by atoms with E-state index >= 15 is 0 Å². The molecule has 0 unspecified atom stereocenters. The number of hydrogen-bond acceptors (Lipinski definition) is 6. The van der Waals surface area contributed by atoms with Crippen molar-refractivity contribution in [2.75, 3.05) is 30.0 Å². The number of nitrogens with zero attached hydrogens (tertiary/aromatic N) is 2. The lowest BCUT2D eigenvalue weighted by molar-refractivity contribution is 0.102. The first-order valence-electron chi connectivity index (χ1n) is 10.0. The Kier molecular flexibility index (Phi) is 4.90. The average Bonchev–Trinajstić information content (AvgIpc) is 3.38. The third-order valence-corrected chi connectivity index (χ3v) is 7.14. The molecule has 160 valence electrons. The van der Waals surface area contributed by atoms with Crippen LogP contribution in [-0.4, -0.2) is 48.8 Å². The van der Waals surface area contributed by atoms with Gasteiger partial charge in [-0.2, -0.15) is 5.10 Å². The second kappa shape index (κ2) is 7.73. The molecule has 31 heavy (non-hydrogen) atoms. The standard InChI is InChI=1S/C22H21N3O5S/c26-22(23-16-6-7-20-21(12-16)30-10-9-29-20)18-13-19(15-4-2-1-3-5-15)25(24-18)17-8-11-31(27,28)14-17/h1-7,12-13,17H,8-11,14H2,(H,23,26)/t17-/m1/s1. The predicted octanol–water partition coefficient (Wildman–Crippen LogP) is 2.93. The molecular formula is C22H21N3O5S. The fourth-order valence-electron chi connectivity index (χ4n) is 3.89. The lowest BCUT2D eigenvalue weighted by Crippen LogP contribution is -2.17. The minimum atomic E-state index is -3.10. The fourth-order valence-corrected chi connectivity index (χ4v) is 5.58. The van der Waals surface area contributed by atoms with Gasteiger partial charge in [0, 0.05) is 11.8 Å². The van der Waals surface area contributed by atoms with Crippen LogP contribution < -0.4 is 14.8 Å². The number of amides is 1. The quantitative estimate of drug-likeness (QED) is 0.671. The Hall–Kier alpha value is -3.33. The summed E-state index contributed by atoms with van der Waals surface area (Å²) in [5.41, 5.74) is 2.37. The lowest BCUT2D eigenvalue weighted by atomic mass is 10.1. The summed E-state index contributed by atoms with van der Waals surface area (Å²) in [6.45, 7) is 0.953. The van der Waals surface area contributed by atoms with E-state index in [9.17, 15) is 13.2 Å². The van der Waals surface area contributed by atoms with Gasteiger partial charge < -0.3 is 14.8 Å². The number of carbonyl (C=O) groups is 1. The van der Waals surface area contributed by atoms with Gasteiger partial charge in [0.15, 0.2) is 27.0 Å². The Morgan fingerprint density at radius 3 is 2.55 bits per heavy atom. The molecule has 1 aromatic heterocycles. The van der Waals surface area contributed by atoms with E-state index in [-0.39, 0.29) is 29.1 Å². The van der Waals surface area contributed by atoms with Gasteiger partial charge in [0.05, 0.1) is 23.2 Å². The number of aromatic nitrogens is 2. The zero-order valence-electron chi connectivity index (χ0n) is 16.7. The van der Waals surface area contributed by atoms with Gasteiger partial charge in [-0.3, -0.25) is 9.48 Å². The molecule has 3 aromatic rings. The van der Waals surface area contributed by atoms with Crippen molar-refractivity contribution in [2.24, 2.45) is 0 Å². The maximum absolute atomic E-state index is 12.9. The number of ether oxygens (including phenoxy) is 2. The normalized spacial score (nSPS) is 19.2. The second-order valence-electron chi connectivity index (χ2n) is 7.59. The Labute approximate surface area is 179 Å². The van der Waals surface area contributed by atoms with Gasteiger partial charge in [0.2, 0.25) is 0 Å². The molecular weight excluding hydrogens is 418 g/mol. The van der Waals surface area contributed by atoms with Crippen LogP contribution in [-0.2, 0) is 9.84 Å². The van der Waals surface area contributed by atoms with Crippen molar-refractivity contribution in [3.63, 3.8) is 0 Å². The van der Waals surface area contributed by atoms with Crippen molar-refractivity contribution in [2.45, 2.75) is 12.5 Å². The van der Waals surface area contributed by atoms with Crippen LogP contribution >= 0.6 is 0 Å². The molecule has 8 nitrogen and oxygen atoms in total. The lowest BCUT2D eigenvalue weighted by Gasteiger charge is -2.18. The van der Waals surface area contributed by atoms with Crippen molar-refractivity contribution in [1.82, 2.24) is 9.78 Å². The smallest absolute Gasteiger partial charge is 0.276 e. The minimum absolute atomic E-state index is 0.0255. The summed E-state index contributed by atoms with van der Waals surface area (Å²) in [6, 6.07) is 16.1. The van der Waals surface area contributed by atoms with Crippen molar-refractivity contribution < 1.29 is 22.7 Å². The Bertz CT molecular complexity index is 1240. The fraction of sp³-hybridized carbons (Fsp3) is 0.273.